The van der Waals surface area contributed by atoms with Crippen molar-refractivity contribution >= 4 is 5.69 Å². The molecule has 1 aromatic carbocycles. The van der Waals surface area contributed by atoms with Crippen LogP contribution in [0, 0.1) is 13.8 Å². The van der Waals surface area contributed by atoms with E-state index < -0.39 is 0 Å². The third kappa shape index (κ3) is 2.61. The van der Waals surface area contributed by atoms with Crippen molar-refractivity contribution in [3.05, 3.63) is 35.7 Å². The van der Waals surface area contributed by atoms with E-state index in [0.717, 1.165) is 43.0 Å². The van der Waals surface area contributed by atoms with Gasteiger partial charge in [-0.3, -0.25) is 0 Å². The van der Waals surface area contributed by atoms with E-state index in [1.807, 2.05) is 23.7 Å². The number of piperidine rings is 1. The number of hydrogen-bond donors (Lipinski definition) is 2. The SMILES string of the molecule is Cc1nn(-c2ccc(O)cc2)c(C)c1N1CCC(N)CC1. The first-order valence-electron chi connectivity index (χ1n) is 7.42. The predicted molar refractivity (Wildman–Crippen MR) is 84.1 cm³/mol. The molecule has 0 unspecified atom stereocenters. The third-order valence-electron chi connectivity index (χ3n) is 4.20. The molecule has 5 nitrogen and oxygen atoms in total. The van der Waals surface area contributed by atoms with Gasteiger partial charge in [0.15, 0.2) is 0 Å². The lowest BCUT2D eigenvalue weighted by Gasteiger charge is -2.32. The van der Waals surface area contributed by atoms with Gasteiger partial charge in [0.25, 0.3) is 0 Å². The van der Waals surface area contributed by atoms with Crippen molar-refractivity contribution in [2.75, 3.05) is 18.0 Å². The monoisotopic (exact) mass is 286 g/mol. The topological polar surface area (TPSA) is 67.3 Å². The van der Waals surface area contributed by atoms with Crippen LogP contribution in [-0.4, -0.2) is 34.0 Å². The van der Waals surface area contributed by atoms with Crippen molar-refractivity contribution in [3.8, 4) is 11.4 Å². The second-order valence-corrected chi connectivity index (χ2v) is 5.77. The minimum Gasteiger partial charge on any atom is -0.508 e. The molecule has 0 spiro atoms. The van der Waals surface area contributed by atoms with Crippen LogP contribution >= 0.6 is 0 Å². The van der Waals surface area contributed by atoms with Gasteiger partial charge < -0.3 is 15.7 Å². The summed E-state index contributed by atoms with van der Waals surface area (Å²) in [6, 6.07) is 7.46. The lowest BCUT2D eigenvalue weighted by atomic mass is 10.1. The van der Waals surface area contributed by atoms with E-state index in [9.17, 15) is 5.11 Å². The van der Waals surface area contributed by atoms with E-state index in [1.54, 1.807) is 12.1 Å². The number of aromatic nitrogens is 2. The molecule has 2 heterocycles. The number of anilines is 1. The summed E-state index contributed by atoms with van der Waals surface area (Å²) in [5.41, 5.74) is 10.3. The van der Waals surface area contributed by atoms with Crippen molar-refractivity contribution in [2.24, 2.45) is 5.73 Å². The molecule has 3 N–H and O–H groups in total. The Morgan fingerprint density at radius 2 is 1.76 bits per heavy atom. The highest BCUT2D eigenvalue weighted by molar-refractivity contribution is 5.57. The molecule has 0 bridgehead atoms. The van der Waals surface area contributed by atoms with Crippen LogP contribution in [0.4, 0.5) is 5.69 Å². The molecular weight excluding hydrogens is 264 g/mol. The molecule has 1 aliphatic rings. The number of benzene rings is 1. The molecule has 0 radical (unpaired) electrons. The van der Waals surface area contributed by atoms with Gasteiger partial charge in [0.2, 0.25) is 0 Å². The molecule has 1 fully saturated rings. The van der Waals surface area contributed by atoms with Crippen LogP contribution in [0.3, 0.4) is 0 Å². The maximum Gasteiger partial charge on any atom is 0.115 e. The van der Waals surface area contributed by atoms with Gasteiger partial charge in [-0.25, -0.2) is 4.68 Å². The van der Waals surface area contributed by atoms with Gasteiger partial charge in [-0.1, -0.05) is 0 Å². The second-order valence-electron chi connectivity index (χ2n) is 5.77. The maximum atomic E-state index is 9.41. The van der Waals surface area contributed by atoms with E-state index in [4.69, 9.17) is 5.73 Å². The molecule has 1 aromatic heterocycles. The molecule has 0 amide bonds. The van der Waals surface area contributed by atoms with Gasteiger partial charge in [-0.2, -0.15) is 5.10 Å². The highest BCUT2D eigenvalue weighted by atomic mass is 16.3. The van der Waals surface area contributed by atoms with E-state index in [2.05, 4.69) is 16.9 Å². The predicted octanol–water partition coefficient (Wildman–Crippen LogP) is 2.12. The molecule has 1 saturated heterocycles. The van der Waals surface area contributed by atoms with Gasteiger partial charge >= 0.3 is 0 Å². The number of aromatic hydroxyl groups is 1. The Morgan fingerprint density at radius 3 is 2.38 bits per heavy atom. The number of aryl methyl sites for hydroxylation is 1. The van der Waals surface area contributed by atoms with Crippen LogP contribution in [0.2, 0.25) is 0 Å². The Kier molecular flexibility index (Phi) is 3.59. The quantitative estimate of drug-likeness (QED) is 0.887. The fourth-order valence-corrected chi connectivity index (χ4v) is 3.06. The number of phenols is 1. The van der Waals surface area contributed by atoms with E-state index in [1.165, 1.54) is 5.69 Å². The van der Waals surface area contributed by atoms with Crippen molar-refractivity contribution in [3.63, 3.8) is 0 Å². The summed E-state index contributed by atoms with van der Waals surface area (Å²) in [5.74, 6) is 0.269. The molecular formula is C16H22N4O. The zero-order valence-corrected chi connectivity index (χ0v) is 12.6. The number of phenolic OH excluding ortho intramolecular Hbond substituents is 1. The number of nitrogens with zero attached hydrogens (tertiary/aromatic N) is 3. The van der Waals surface area contributed by atoms with Gasteiger partial charge in [0.1, 0.15) is 5.75 Å². The summed E-state index contributed by atoms with van der Waals surface area (Å²) in [6.45, 7) is 6.12. The summed E-state index contributed by atoms with van der Waals surface area (Å²) in [4.78, 5) is 2.39. The zero-order chi connectivity index (χ0) is 15.0. The second kappa shape index (κ2) is 5.41. The molecule has 112 valence electrons. The van der Waals surface area contributed by atoms with E-state index in [-0.39, 0.29) is 5.75 Å². The molecule has 3 rings (SSSR count). The Morgan fingerprint density at radius 1 is 1.14 bits per heavy atom. The summed E-state index contributed by atoms with van der Waals surface area (Å²) >= 11 is 0. The largest absolute Gasteiger partial charge is 0.508 e. The fourth-order valence-electron chi connectivity index (χ4n) is 3.06. The van der Waals surface area contributed by atoms with Crippen LogP contribution in [0.25, 0.3) is 5.69 Å². The number of rotatable bonds is 2. The van der Waals surface area contributed by atoms with Crippen LogP contribution < -0.4 is 10.6 Å². The molecule has 0 saturated carbocycles. The minimum atomic E-state index is 0.269. The van der Waals surface area contributed by atoms with Gasteiger partial charge in [0.05, 0.1) is 22.8 Å². The molecule has 0 atom stereocenters. The summed E-state index contributed by atoms with van der Waals surface area (Å²) < 4.78 is 1.94. The van der Waals surface area contributed by atoms with E-state index in [0.29, 0.717) is 6.04 Å². The highest BCUT2D eigenvalue weighted by Crippen LogP contribution is 2.29. The molecule has 21 heavy (non-hydrogen) atoms. The van der Waals surface area contributed by atoms with Crippen molar-refractivity contribution in [1.82, 2.24) is 9.78 Å². The maximum absolute atomic E-state index is 9.41. The first-order valence-corrected chi connectivity index (χ1v) is 7.42. The fraction of sp³-hybridized carbons (Fsp3) is 0.438. The van der Waals surface area contributed by atoms with Crippen LogP contribution in [0.5, 0.6) is 5.75 Å². The Balaban J connectivity index is 1.94. The van der Waals surface area contributed by atoms with Gasteiger partial charge in [0, 0.05) is 19.1 Å². The number of hydrogen-bond acceptors (Lipinski definition) is 4. The Bertz CT molecular complexity index is 624. The Labute approximate surface area is 125 Å². The first kappa shape index (κ1) is 13.9. The third-order valence-corrected chi connectivity index (χ3v) is 4.20. The molecule has 0 aliphatic carbocycles. The highest BCUT2D eigenvalue weighted by Gasteiger charge is 2.22. The lowest BCUT2D eigenvalue weighted by molar-refractivity contribution is 0.475. The summed E-state index contributed by atoms with van der Waals surface area (Å²) in [7, 11) is 0. The smallest absolute Gasteiger partial charge is 0.115 e. The van der Waals surface area contributed by atoms with Crippen molar-refractivity contribution in [2.45, 2.75) is 32.7 Å². The molecule has 5 heteroatoms. The number of nitrogens with two attached hydrogens (primary N) is 1. The van der Waals surface area contributed by atoms with Crippen LogP contribution in [0.1, 0.15) is 24.2 Å². The average Bonchev–Trinajstić information content (AvgIpc) is 2.76. The van der Waals surface area contributed by atoms with Crippen molar-refractivity contribution in [1.29, 1.82) is 0 Å². The van der Waals surface area contributed by atoms with Crippen LogP contribution in [-0.2, 0) is 0 Å². The van der Waals surface area contributed by atoms with Gasteiger partial charge in [-0.15, -0.1) is 0 Å². The zero-order valence-electron chi connectivity index (χ0n) is 12.6. The minimum absolute atomic E-state index is 0.269. The lowest BCUT2D eigenvalue weighted by Crippen LogP contribution is -2.40. The molecule has 1 aliphatic heterocycles. The van der Waals surface area contributed by atoms with E-state index >= 15 is 0 Å². The molecule has 2 aromatic rings. The van der Waals surface area contributed by atoms with Crippen molar-refractivity contribution < 1.29 is 5.11 Å². The standard InChI is InChI=1S/C16H22N4O/c1-11-16(19-9-7-13(17)8-10-19)12(2)20(18-11)14-3-5-15(21)6-4-14/h3-6,13,21H,7-10,17H2,1-2H3. The average molecular weight is 286 g/mol. The van der Waals surface area contributed by atoms with Gasteiger partial charge in [-0.05, 0) is 51.0 Å². The van der Waals surface area contributed by atoms with Crippen LogP contribution in [0.15, 0.2) is 24.3 Å². The summed E-state index contributed by atoms with van der Waals surface area (Å²) in [5, 5.41) is 14.1. The Hall–Kier alpha value is -2.01. The normalized spacial score (nSPS) is 16.4. The summed E-state index contributed by atoms with van der Waals surface area (Å²) in [6.07, 6.45) is 2.06. The first-order chi connectivity index (χ1) is 10.1.